The summed E-state index contributed by atoms with van der Waals surface area (Å²) in [5.41, 5.74) is 5.91. The van der Waals surface area contributed by atoms with E-state index in [0.29, 0.717) is 32.2 Å². The molecule has 3 aromatic rings. The predicted octanol–water partition coefficient (Wildman–Crippen LogP) is 4.11. The highest BCUT2D eigenvalue weighted by molar-refractivity contribution is 5.87. The van der Waals surface area contributed by atoms with Crippen molar-refractivity contribution in [2.75, 3.05) is 38.1 Å². The number of hydrogen-bond donors (Lipinski definition) is 2. The van der Waals surface area contributed by atoms with Crippen LogP contribution in [-0.4, -0.2) is 61.1 Å². The molecule has 1 aliphatic rings. The summed E-state index contributed by atoms with van der Waals surface area (Å²) in [5.74, 6) is -0.561. The van der Waals surface area contributed by atoms with Crippen LogP contribution in [0, 0.1) is 12.7 Å². The minimum Gasteiger partial charge on any atom is -0.353 e. The van der Waals surface area contributed by atoms with Gasteiger partial charge in [-0.1, -0.05) is 62.4 Å². The summed E-state index contributed by atoms with van der Waals surface area (Å²) in [4.78, 5) is 28.3. The summed E-state index contributed by atoms with van der Waals surface area (Å²) < 4.78 is 13.5. The van der Waals surface area contributed by atoms with Gasteiger partial charge in [-0.25, -0.2) is 9.40 Å². The van der Waals surface area contributed by atoms with Gasteiger partial charge in [-0.15, -0.1) is 0 Å². The topological polar surface area (TPSA) is 67.9 Å². The Bertz CT molecular complexity index is 1270. The average Bonchev–Trinajstić information content (AvgIpc) is 3.35. The second kappa shape index (κ2) is 12.9. The molecule has 0 atom stereocenters. The third-order valence-corrected chi connectivity index (χ3v) is 7.00. The van der Waals surface area contributed by atoms with Gasteiger partial charge in [-0.05, 0) is 52.9 Å². The summed E-state index contributed by atoms with van der Waals surface area (Å²) in [6, 6.07) is 20.7. The predicted molar refractivity (Wildman–Crippen MR) is 153 cm³/mol. The van der Waals surface area contributed by atoms with E-state index in [0.717, 1.165) is 22.4 Å². The van der Waals surface area contributed by atoms with Crippen molar-refractivity contribution in [1.29, 1.82) is 0 Å². The van der Waals surface area contributed by atoms with Crippen LogP contribution < -0.4 is 15.5 Å². The second-order valence-electron chi connectivity index (χ2n) is 10.3. The number of nitrogens with zero attached hydrogens (tertiary/aromatic N) is 3. The van der Waals surface area contributed by atoms with Crippen LogP contribution in [0.2, 0.25) is 0 Å². The summed E-state index contributed by atoms with van der Waals surface area (Å²) in [6.45, 7) is 8.65. The summed E-state index contributed by atoms with van der Waals surface area (Å²) in [5, 5.41) is 9.93. The number of halogens is 1. The molecule has 0 aliphatic carbocycles. The molecule has 0 aromatic heterocycles. The molecule has 2 amide bonds. The number of anilines is 1. The molecule has 206 valence electrons. The van der Waals surface area contributed by atoms with Gasteiger partial charge in [0, 0.05) is 45.0 Å². The van der Waals surface area contributed by atoms with E-state index in [1.54, 1.807) is 24.2 Å². The van der Waals surface area contributed by atoms with Crippen molar-refractivity contribution in [3.63, 3.8) is 0 Å². The van der Waals surface area contributed by atoms with Gasteiger partial charge in [0.05, 0.1) is 13.1 Å². The number of nitrogens with one attached hydrogen (secondary N) is 2. The average molecular weight is 532 g/mol. The number of likely N-dealkylation sites (N-methyl/N-ethyl adjacent to an activating group) is 1. The lowest BCUT2D eigenvalue weighted by molar-refractivity contribution is -0.145. The molecular weight excluding hydrogens is 493 g/mol. The van der Waals surface area contributed by atoms with Crippen molar-refractivity contribution in [3.8, 4) is 11.1 Å². The quantitative estimate of drug-likeness (QED) is 0.365. The van der Waals surface area contributed by atoms with E-state index < -0.39 is 0 Å². The van der Waals surface area contributed by atoms with E-state index in [1.165, 1.54) is 23.3 Å². The van der Waals surface area contributed by atoms with Gasteiger partial charge in [0.1, 0.15) is 5.82 Å². The number of benzene rings is 3. The molecule has 39 heavy (non-hydrogen) atoms. The molecular formula is C31H38FN5O2. The first-order valence-electron chi connectivity index (χ1n) is 13.4. The number of rotatable bonds is 11. The largest absolute Gasteiger partial charge is 0.353 e. The van der Waals surface area contributed by atoms with Crippen LogP contribution in [0.3, 0.4) is 0 Å². The Morgan fingerprint density at radius 2 is 1.56 bits per heavy atom. The highest BCUT2D eigenvalue weighted by Crippen LogP contribution is 2.29. The van der Waals surface area contributed by atoms with Gasteiger partial charge >= 0.3 is 0 Å². The standard InChI is InChI=1S/C31H38FN5O2/c1-22(2)33-15-16-34-30(38)20-36(21-31(39)35(4)37-18-26-7-5-6-8-27(26)19-37)29-17-25(10-9-23(29)3)24-11-13-28(32)14-12-24/h5-14,17,22,33H,15-16,18-21H2,1-4H3,(H,34,38). The highest BCUT2D eigenvalue weighted by Gasteiger charge is 2.27. The highest BCUT2D eigenvalue weighted by atomic mass is 19.1. The fraction of sp³-hybridized carbons (Fsp3) is 0.355. The second-order valence-corrected chi connectivity index (χ2v) is 10.3. The third-order valence-electron chi connectivity index (χ3n) is 7.00. The molecule has 0 unspecified atom stereocenters. The lowest BCUT2D eigenvalue weighted by Crippen LogP contribution is -2.48. The molecule has 1 heterocycles. The van der Waals surface area contributed by atoms with Crippen molar-refractivity contribution >= 4 is 17.5 Å². The van der Waals surface area contributed by atoms with Crippen LogP contribution in [0.15, 0.2) is 66.7 Å². The first-order valence-corrected chi connectivity index (χ1v) is 13.4. The van der Waals surface area contributed by atoms with Gasteiger partial charge in [0.25, 0.3) is 5.91 Å². The molecule has 0 saturated heterocycles. The molecule has 7 nitrogen and oxygen atoms in total. The van der Waals surface area contributed by atoms with Crippen LogP contribution in [0.5, 0.6) is 0 Å². The molecule has 0 saturated carbocycles. The van der Waals surface area contributed by atoms with Crippen LogP contribution in [0.25, 0.3) is 11.1 Å². The minimum atomic E-state index is -0.297. The van der Waals surface area contributed by atoms with Gasteiger partial charge in [-0.2, -0.15) is 0 Å². The Balaban J connectivity index is 1.53. The Morgan fingerprint density at radius 1 is 0.923 bits per heavy atom. The van der Waals surface area contributed by atoms with Gasteiger partial charge in [0.15, 0.2) is 0 Å². The number of carbonyl (C=O) groups is 2. The normalized spacial score (nSPS) is 12.9. The zero-order valence-electron chi connectivity index (χ0n) is 23.2. The number of carbonyl (C=O) groups excluding carboxylic acids is 2. The molecule has 0 radical (unpaired) electrons. The molecule has 4 rings (SSSR count). The molecule has 8 heteroatoms. The van der Waals surface area contributed by atoms with Crippen molar-refractivity contribution < 1.29 is 14.0 Å². The molecule has 2 N–H and O–H groups in total. The van der Waals surface area contributed by atoms with Crippen LogP contribution >= 0.6 is 0 Å². The van der Waals surface area contributed by atoms with Crippen LogP contribution in [0.4, 0.5) is 10.1 Å². The van der Waals surface area contributed by atoms with Crippen LogP contribution in [0.1, 0.15) is 30.5 Å². The van der Waals surface area contributed by atoms with E-state index in [-0.39, 0.29) is 30.7 Å². The Labute approximate surface area is 230 Å². The van der Waals surface area contributed by atoms with E-state index in [4.69, 9.17) is 0 Å². The van der Waals surface area contributed by atoms with E-state index in [1.807, 2.05) is 47.2 Å². The molecule has 0 fully saturated rings. The Kier molecular flexibility index (Phi) is 9.32. The minimum absolute atomic E-state index is 0.0364. The fourth-order valence-electron chi connectivity index (χ4n) is 4.74. The van der Waals surface area contributed by atoms with E-state index in [9.17, 15) is 14.0 Å². The smallest absolute Gasteiger partial charge is 0.256 e. The maximum Gasteiger partial charge on any atom is 0.256 e. The van der Waals surface area contributed by atoms with Gasteiger partial charge < -0.3 is 15.5 Å². The van der Waals surface area contributed by atoms with Crippen molar-refractivity contribution in [1.82, 2.24) is 20.7 Å². The first kappa shape index (κ1) is 28.3. The Morgan fingerprint density at radius 3 is 2.21 bits per heavy atom. The monoisotopic (exact) mass is 531 g/mol. The van der Waals surface area contributed by atoms with Crippen molar-refractivity contribution in [3.05, 3.63) is 89.2 Å². The third kappa shape index (κ3) is 7.43. The SMILES string of the molecule is Cc1ccc(-c2ccc(F)cc2)cc1N(CC(=O)NCCNC(C)C)CC(=O)N(C)N1Cc2ccccc2C1. The fourth-order valence-corrected chi connectivity index (χ4v) is 4.74. The van der Waals surface area contributed by atoms with Gasteiger partial charge in [-0.3, -0.25) is 14.6 Å². The Hall–Kier alpha value is -3.75. The number of amides is 2. The maximum atomic E-state index is 13.5. The molecule has 1 aliphatic heterocycles. The van der Waals surface area contributed by atoms with E-state index >= 15 is 0 Å². The van der Waals surface area contributed by atoms with Crippen molar-refractivity contribution in [2.24, 2.45) is 0 Å². The zero-order chi connectivity index (χ0) is 27.9. The van der Waals surface area contributed by atoms with Gasteiger partial charge in [0.2, 0.25) is 5.91 Å². The molecule has 0 bridgehead atoms. The maximum absolute atomic E-state index is 13.5. The van der Waals surface area contributed by atoms with E-state index in [2.05, 4.69) is 36.6 Å². The zero-order valence-corrected chi connectivity index (χ0v) is 23.2. The first-order chi connectivity index (χ1) is 18.7. The lowest BCUT2D eigenvalue weighted by atomic mass is 10.0. The summed E-state index contributed by atoms with van der Waals surface area (Å²) >= 11 is 0. The molecule has 0 spiro atoms. The summed E-state index contributed by atoms with van der Waals surface area (Å²) in [7, 11) is 1.78. The molecule has 3 aromatic carbocycles. The lowest BCUT2D eigenvalue weighted by Gasteiger charge is -2.32. The number of hydrogen-bond acceptors (Lipinski definition) is 5. The number of hydrazine groups is 1. The number of fused-ring (bicyclic) bond motifs is 1. The van der Waals surface area contributed by atoms with Crippen molar-refractivity contribution in [2.45, 2.75) is 39.9 Å². The summed E-state index contributed by atoms with van der Waals surface area (Å²) in [6.07, 6.45) is 0. The number of aryl methyl sites for hydroxylation is 1. The van der Waals surface area contributed by atoms with Crippen LogP contribution in [-0.2, 0) is 22.7 Å².